The number of rotatable bonds is 0. The average molecular weight is 163 g/mol. The summed E-state index contributed by atoms with van der Waals surface area (Å²) in [7, 11) is 0. The zero-order valence-corrected chi connectivity index (χ0v) is 7.01. The summed E-state index contributed by atoms with van der Waals surface area (Å²) >= 11 is 4.17. The first-order valence-electron chi connectivity index (χ1n) is 3.72. The van der Waals surface area contributed by atoms with Gasteiger partial charge in [0.25, 0.3) is 0 Å². The standard InChI is InChI=1S/C9H9NS/c11-9-5-7-3-1-2-4-8(7)6-10-9/h3-6,11H,1-2H2. The molecule has 0 N–H and O–H groups in total. The van der Waals surface area contributed by atoms with Crippen molar-refractivity contribution in [3.05, 3.63) is 22.7 Å². The second-order valence-electron chi connectivity index (χ2n) is 2.66. The molecule has 0 aliphatic heterocycles. The highest BCUT2D eigenvalue weighted by Crippen LogP contribution is 1.97. The Morgan fingerprint density at radius 2 is 1.91 bits per heavy atom. The maximum Gasteiger partial charge on any atom is 0.0935 e. The monoisotopic (exact) mass is 163 g/mol. The van der Waals surface area contributed by atoms with Crippen LogP contribution in [0.2, 0.25) is 0 Å². The summed E-state index contributed by atoms with van der Waals surface area (Å²) in [5.74, 6) is 0. The molecular weight excluding hydrogens is 154 g/mol. The van der Waals surface area contributed by atoms with Gasteiger partial charge in [-0.1, -0.05) is 12.2 Å². The summed E-state index contributed by atoms with van der Waals surface area (Å²) in [6.45, 7) is 0. The maximum atomic E-state index is 4.17. The zero-order chi connectivity index (χ0) is 7.68. The highest BCUT2D eigenvalue weighted by molar-refractivity contribution is 7.80. The van der Waals surface area contributed by atoms with E-state index in [9.17, 15) is 0 Å². The highest BCUT2D eigenvalue weighted by Gasteiger charge is 1.93. The summed E-state index contributed by atoms with van der Waals surface area (Å²) in [5.41, 5.74) is 0. The first-order valence-corrected chi connectivity index (χ1v) is 4.16. The largest absolute Gasteiger partial charge is 0.250 e. The number of thiol groups is 1. The Kier molecular flexibility index (Phi) is 1.70. The second kappa shape index (κ2) is 2.70. The molecule has 1 aliphatic rings. The fourth-order valence-electron chi connectivity index (χ4n) is 1.29. The molecule has 56 valence electrons. The molecule has 0 fully saturated rings. The lowest BCUT2D eigenvalue weighted by Crippen LogP contribution is -2.26. The molecule has 0 radical (unpaired) electrons. The molecule has 0 aromatic carbocycles. The van der Waals surface area contributed by atoms with Gasteiger partial charge in [-0.15, -0.1) is 12.6 Å². The molecule has 0 amide bonds. The molecular formula is C9H9NS. The lowest BCUT2D eigenvalue weighted by Gasteiger charge is -1.98. The average Bonchev–Trinajstić information content (AvgIpc) is 2.04. The van der Waals surface area contributed by atoms with Gasteiger partial charge in [-0.3, -0.25) is 0 Å². The topological polar surface area (TPSA) is 12.9 Å². The van der Waals surface area contributed by atoms with Crippen molar-refractivity contribution in [3.63, 3.8) is 0 Å². The Morgan fingerprint density at radius 3 is 2.73 bits per heavy atom. The van der Waals surface area contributed by atoms with E-state index in [0.29, 0.717) is 0 Å². The van der Waals surface area contributed by atoms with Crippen LogP contribution in [0.4, 0.5) is 0 Å². The molecule has 2 rings (SSSR count). The van der Waals surface area contributed by atoms with E-state index in [1.54, 1.807) is 0 Å². The maximum absolute atomic E-state index is 4.17. The van der Waals surface area contributed by atoms with Crippen LogP contribution >= 0.6 is 12.6 Å². The van der Waals surface area contributed by atoms with Gasteiger partial charge in [0.1, 0.15) is 0 Å². The molecule has 0 saturated heterocycles. The fraction of sp³-hybridized carbons (Fsp3) is 0.222. The Hall–Kier alpha value is -0.760. The molecule has 1 aromatic rings. The van der Waals surface area contributed by atoms with Gasteiger partial charge >= 0.3 is 0 Å². The summed E-state index contributed by atoms with van der Waals surface area (Å²) in [6, 6.07) is 2.01. The quantitative estimate of drug-likeness (QED) is 0.556. The van der Waals surface area contributed by atoms with Crippen molar-refractivity contribution in [1.82, 2.24) is 4.98 Å². The van der Waals surface area contributed by atoms with Gasteiger partial charge in [0.15, 0.2) is 0 Å². The number of pyridine rings is 1. The predicted molar refractivity (Wildman–Crippen MR) is 48.9 cm³/mol. The lowest BCUT2D eigenvalue weighted by molar-refractivity contribution is 1.06. The van der Waals surface area contributed by atoms with Gasteiger partial charge in [-0.2, -0.15) is 0 Å². The number of hydrogen-bond acceptors (Lipinski definition) is 2. The Labute approximate surface area is 70.9 Å². The molecule has 0 bridgehead atoms. The van der Waals surface area contributed by atoms with Crippen molar-refractivity contribution >= 4 is 24.8 Å². The molecule has 1 heterocycles. The van der Waals surface area contributed by atoms with Gasteiger partial charge in [0, 0.05) is 6.20 Å². The van der Waals surface area contributed by atoms with Crippen molar-refractivity contribution in [3.8, 4) is 0 Å². The van der Waals surface area contributed by atoms with Crippen LogP contribution in [0.15, 0.2) is 17.3 Å². The molecule has 0 atom stereocenters. The van der Waals surface area contributed by atoms with Gasteiger partial charge in [-0.25, -0.2) is 4.98 Å². The van der Waals surface area contributed by atoms with Crippen LogP contribution < -0.4 is 10.4 Å². The molecule has 11 heavy (non-hydrogen) atoms. The number of fused-ring (bicyclic) bond motifs is 1. The summed E-state index contributed by atoms with van der Waals surface area (Å²) in [6.07, 6.45) is 8.62. The van der Waals surface area contributed by atoms with E-state index in [0.717, 1.165) is 17.9 Å². The van der Waals surface area contributed by atoms with Crippen LogP contribution in [0.1, 0.15) is 12.8 Å². The molecule has 1 aliphatic carbocycles. The number of hydrogen-bond donors (Lipinski definition) is 1. The van der Waals surface area contributed by atoms with E-state index in [2.05, 4.69) is 29.8 Å². The van der Waals surface area contributed by atoms with Crippen LogP contribution in [0, 0.1) is 0 Å². The molecule has 1 aromatic heterocycles. The van der Waals surface area contributed by atoms with Crippen molar-refractivity contribution in [2.75, 3.05) is 0 Å². The van der Waals surface area contributed by atoms with Crippen molar-refractivity contribution in [2.24, 2.45) is 0 Å². The molecule has 0 spiro atoms. The van der Waals surface area contributed by atoms with Gasteiger partial charge in [0.2, 0.25) is 0 Å². The second-order valence-corrected chi connectivity index (χ2v) is 3.12. The van der Waals surface area contributed by atoms with Crippen LogP contribution in [-0.4, -0.2) is 4.98 Å². The molecule has 2 heteroatoms. The van der Waals surface area contributed by atoms with Crippen LogP contribution in [0.3, 0.4) is 0 Å². The summed E-state index contributed by atoms with van der Waals surface area (Å²) < 4.78 is 0. The fourth-order valence-corrected chi connectivity index (χ4v) is 1.49. The number of nitrogens with zero attached hydrogens (tertiary/aromatic N) is 1. The normalized spacial score (nSPS) is 14.6. The third-order valence-corrected chi connectivity index (χ3v) is 2.09. The van der Waals surface area contributed by atoms with E-state index < -0.39 is 0 Å². The van der Waals surface area contributed by atoms with E-state index in [1.807, 2.05) is 12.3 Å². The third kappa shape index (κ3) is 1.31. The van der Waals surface area contributed by atoms with Crippen molar-refractivity contribution in [2.45, 2.75) is 17.9 Å². The molecule has 1 nitrogen and oxygen atoms in total. The SMILES string of the molecule is Sc1cc2c(cn1)=CCCC=2. The Balaban J connectivity index is 2.80. The van der Waals surface area contributed by atoms with Crippen molar-refractivity contribution in [1.29, 1.82) is 0 Å². The minimum absolute atomic E-state index is 0.801. The smallest absolute Gasteiger partial charge is 0.0935 e. The van der Waals surface area contributed by atoms with E-state index in [-0.39, 0.29) is 0 Å². The first kappa shape index (κ1) is 6.92. The Morgan fingerprint density at radius 1 is 1.18 bits per heavy atom. The minimum Gasteiger partial charge on any atom is -0.250 e. The van der Waals surface area contributed by atoms with Crippen LogP contribution in [0.5, 0.6) is 0 Å². The summed E-state index contributed by atoms with van der Waals surface area (Å²) in [4.78, 5) is 4.11. The molecule has 0 saturated carbocycles. The summed E-state index contributed by atoms with van der Waals surface area (Å²) in [5, 5.41) is 3.32. The predicted octanol–water partition coefficient (Wildman–Crippen LogP) is 0.725. The zero-order valence-electron chi connectivity index (χ0n) is 6.12. The minimum atomic E-state index is 0.801. The first-order chi connectivity index (χ1) is 5.36. The highest BCUT2D eigenvalue weighted by atomic mass is 32.1. The lowest BCUT2D eigenvalue weighted by atomic mass is 10.1. The van der Waals surface area contributed by atoms with E-state index >= 15 is 0 Å². The Bertz CT molecular complexity index is 381. The third-order valence-electron chi connectivity index (χ3n) is 1.85. The van der Waals surface area contributed by atoms with Gasteiger partial charge in [0.05, 0.1) is 5.03 Å². The van der Waals surface area contributed by atoms with Crippen LogP contribution in [0.25, 0.3) is 12.2 Å². The molecule has 0 unspecified atom stereocenters. The van der Waals surface area contributed by atoms with Crippen molar-refractivity contribution < 1.29 is 0 Å². The van der Waals surface area contributed by atoms with Gasteiger partial charge in [-0.05, 0) is 29.3 Å². The van der Waals surface area contributed by atoms with E-state index in [4.69, 9.17) is 0 Å². The van der Waals surface area contributed by atoms with E-state index in [1.165, 1.54) is 10.4 Å². The number of aromatic nitrogens is 1. The van der Waals surface area contributed by atoms with Crippen LogP contribution in [-0.2, 0) is 0 Å². The van der Waals surface area contributed by atoms with Gasteiger partial charge < -0.3 is 0 Å².